The van der Waals surface area contributed by atoms with Crippen LogP contribution in [0.3, 0.4) is 0 Å². The summed E-state index contributed by atoms with van der Waals surface area (Å²) in [7, 11) is 0. The van der Waals surface area contributed by atoms with Crippen LogP contribution in [0.5, 0.6) is 0 Å². The molecule has 0 spiro atoms. The zero-order chi connectivity index (χ0) is 13.5. The predicted molar refractivity (Wildman–Crippen MR) is 85.8 cm³/mol. The fourth-order valence-corrected chi connectivity index (χ4v) is 3.98. The zero-order valence-corrected chi connectivity index (χ0v) is 13.3. The van der Waals surface area contributed by atoms with Gasteiger partial charge in [-0.05, 0) is 72.5 Å². The molecule has 1 aliphatic rings. The summed E-state index contributed by atoms with van der Waals surface area (Å²) in [6.45, 7) is 7.00. The smallest absolute Gasteiger partial charge is 0.00178 e. The second-order valence-corrected chi connectivity index (χ2v) is 7.31. The summed E-state index contributed by atoms with van der Waals surface area (Å²) in [6, 6.07) is 2.29. The van der Waals surface area contributed by atoms with E-state index in [1.54, 1.807) is 5.56 Å². The Morgan fingerprint density at radius 3 is 2.74 bits per heavy atom. The lowest BCUT2D eigenvalue weighted by atomic mass is 9.76. The Labute approximate surface area is 122 Å². The van der Waals surface area contributed by atoms with Crippen molar-refractivity contribution >= 4 is 11.3 Å². The standard InChI is InChI=1S/C17H29NS/c1-14(2)11-18-12-17-6-4-3-5-16(17)8-7-15-9-10-19-13-15/h9-10,13-14,16-18H,3-8,11-12H2,1-2H3. The molecule has 0 radical (unpaired) electrons. The first-order valence-electron chi connectivity index (χ1n) is 7.97. The van der Waals surface area contributed by atoms with Crippen LogP contribution < -0.4 is 5.32 Å². The van der Waals surface area contributed by atoms with E-state index in [9.17, 15) is 0 Å². The summed E-state index contributed by atoms with van der Waals surface area (Å²) in [5.41, 5.74) is 1.55. The van der Waals surface area contributed by atoms with Gasteiger partial charge in [-0.25, -0.2) is 0 Å². The van der Waals surface area contributed by atoms with Crippen LogP contribution in [0.1, 0.15) is 51.5 Å². The Hall–Kier alpha value is -0.340. The lowest BCUT2D eigenvalue weighted by molar-refractivity contribution is 0.216. The number of hydrogen-bond donors (Lipinski definition) is 1. The number of aryl methyl sites for hydroxylation is 1. The summed E-state index contributed by atoms with van der Waals surface area (Å²) in [5, 5.41) is 8.20. The minimum atomic E-state index is 0.771. The molecule has 1 aromatic heterocycles. The third-order valence-electron chi connectivity index (χ3n) is 4.41. The Morgan fingerprint density at radius 1 is 1.26 bits per heavy atom. The SMILES string of the molecule is CC(C)CNCC1CCCCC1CCc1ccsc1. The van der Waals surface area contributed by atoms with Gasteiger partial charge in [-0.15, -0.1) is 0 Å². The van der Waals surface area contributed by atoms with Crippen LogP contribution in [0, 0.1) is 17.8 Å². The molecule has 1 aromatic rings. The molecule has 1 N–H and O–H groups in total. The molecule has 2 heteroatoms. The van der Waals surface area contributed by atoms with Crippen LogP contribution in [0.4, 0.5) is 0 Å². The Bertz CT molecular complexity index is 331. The van der Waals surface area contributed by atoms with Crippen LogP contribution in [0.2, 0.25) is 0 Å². The van der Waals surface area contributed by atoms with Gasteiger partial charge in [0.1, 0.15) is 0 Å². The van der Waals surface area contributed by atoms with E-state index in [4.69, 9.17) is 0 Å². The highest BCUT2D eigenvalue weighted by molar-refractivity contribution is 7.07. The van der Waals surface area contributed by atoms with Gasteiger partial charge < -0.3 is 5.32 Å². The van der Waals surface area contributed by atoms with Gasteiger partial charge in [0.15, 0.2) is 0 Å². The van der Waals surface area contributed by atoms with E-state index in [2.05, 4.69) is 36.0 Å². The lowest BCUT2D eigenvalue weighted by Crippen LogP contribution is -2.32. The highest BCUT2D eigenvalue weighted by Crippen LogP contribution is 2.33. The maximum absolute atomic E-state index is 3.68. The number of thiophene rings is 1. The van der Waals surface area contributed by atoms with Crippen LogP contribution in [0.15, 0.2) is 16.8 Å². The third kappa shape index (κ3) is 5.27. The first-order valence-corrected chi connectivity index (χ1v) is 8.91. The van der Waals surface area contributed by atoms with Crippen molar-refractivity contribution in [3.05, 3.63) is 22.4 Å². The number of hydrogen-bond acceptors (Lipinski definition) is 2. The number of rotatable bonds is 7. The molecule has 1 fully saturated rings. The summed E-state index contributed by atoms with van der Waals surface area (Å²) >= 11 is 1.83. The van der Waals surface area contributed by atoms with Crippen LogP contribution >= 0.6 is 11.3 Å². The fourth-order valence-electron chi connectivity index (χ4n) is 3.28. The predicted octanol–water partition coefficient (Wildman–Crippen LogP) is 4.73. The maximum atomic E-state index is 3.68. The first kappa shape index (κ1) is 15.1. The molecule has 1 heterocycles. The van der Waals surface area contributed by atoms with Gasteiger partial charge in [-0.2, -0.15) is 11.3 Å². The third-order valence-corrected chi connectivity index (χ3v) is 5.14. The summed E-state index contributed by atoms with van der Waals surface area (Å²) in [4.78, 5) is 0. The van der Waals surface area contributed by atoms with Gasteiger partial charge in [-0.3, -0.25) is 0 Å². The van der Waals surface area contributed by atoms with Gasteiger partial charge >= 0.3 is 0 Å². The first-order chi connectivity index (χ1) is 9.25. The highest BCUT2D eigenvalue weighted by Gasteiger charge is 2.24. The van der Waals surface area contributed by atoms with Crippen molar-refractivity contribution in [1.29, 1.82) is 0 Å². The second-order valence-electron chi connectivity index (χ2n) is 6.53. The normalized spacial score (nSPS) is 23.9. The quantitative estimate of drug-likeness (QED) is 0.760. The van der Waals surface area contributed by atoms with Gasteiger partial charge in [0.2, 0.25) is 0 Å². The summed E-state index contributed by atoms with van der Waals surface area (Å²) in [5.74, 6) is 2.65. The molecule has 0 aliphatic heterocycles. The molecule has 0 bridgehead atoms. The van der Waals surface area contributed by atoms with E-state index in [0.29, 0.717) is 0 Å². The largest absolute Gasteiger partial charge is 0.316 e. The fraction of sp³-hybridized carbons (Fsp3) is 0.765. The average Bonchev–Trinajstić information content (AvgIpc) is 2.90. The van der Waals surface area contributed by atoms with Crippen molar-refractivity contribution in [2.75, 3.05) is 13.1 Å². The second kappa shape index (κ2) is 8.06. The van der Waals surface area contributed by atoms with E-state index < -0.39 is 0 Å². The minimum absolute atomic E-state index is 0.771. The highest BCUT2D eigenvalue weighted by atomic mass is 32.1. The van der Waals surface area contributed by atoms with Gasteiger partial charge in [0.25, 0.3) is 0 Å². The molecule has 0 saturated heterocycles. The molecule has 1 nitrogen and oxygen atoms in total. The Kier molecular flexibility index (Phi) is 6.39. The van der Waals surface area contributed by atoms with E-state index in [0.717, 1.165) is 17.8 Å². The molecule has 108 valence electrons. The average molecular weight is 279 g/mol. The van der Waals surface area contributed by atoms with E-state index in [-0.39, 0.29) is 0 Å². The van der Waals surface area contributed by atoms with E-state index in [1.807, 2.05) is 11.3 Å². The monoisotopic (exact) mass is 279 g/mol. The molecule has 2 unspecified atom stereocenters. The molecule has 19 heavy (non-hydrogen) atoms. The maximum Gasteiger partial charge on any atom is -0.00178 e. The minimum Gasteiger partial charge on any atom is -0.316 e. The van der Waals surface area contributed by atoms with Crippen molar-refractivity contribution in [2.45, 2.75) is 52.4 Å². The van der Waals surface area contributed by atoms with Crippen molar-refractivity contribution in [3.8, 4) is 0 Å². The van der Waals surface area contributed by atoms with Crippen LogP contribution in [-0.2, 0) is 6.42 Å². The van der Waals surface area contributed by atoms with Gasteiger partial charge in [0.05, 0.1) is 0 Å². The molecular weight excluding hydrogens is 250 g/mol. The molecule has 2 atom stereocenters. The molecule has 0 amide bonds. The van der Waals surface area contributed by atoms with Crippen LogP contribution in [-0.4, -0.2) is 13.1 Å². The van der Waals surface area contributed by atoms with E-state index >= 15 is 0 Å². The Morgan fingerprint density at radius 2 is 2.05 bits per heavy atom. The van der Waals surface area contributed by atoms with Crippen molar-refractivity contribution in [1.82, 2.24) is 5.32 Å². The Balaban J connectivity index is 1.75. The van der Waals surface area contributed by atoms with Crippen molar-refractivity contribution in [3.63, 3.8) is 0 Å². The van der Waals surface area contributed by atoms with Crippen LogP contribution in [0.25, 0.3) is 0 Å². The summed E-state index contributed by atoms with van der Waals surface area (Å²) < 4.78 is 0. The number of nitrogens with one attached hydrogen (secondary N) is 1. The van der Waals surface area contributed by atoms with E-state index in [1.165, 1.54) is 51.6 Å². The van der Waals surface area contributed by atoms with Crippen molar-refractivity contribution in [2.24, 2.45) is 17.8 Å². The zero-order valence-electron chi connectivity index (χ0n) is 12.5. The molecule has 0 aromatic carbocycles. The van der Waals surface area contributed by atoms with Crippen molar-refractivity contribution < 1.29 is 0 Å². The molecule has 1 aliphatic carbocycles. The molecular formula is C17H29NS. The van der Waals surface area contributed by atoms with Gasteiger partial charge in [0, 0.05) is 0 Å². The summed E-state index contributed by atoms with van der Waals surface area (Å²) in [6.07, 6.45) is 8.48. The molecule has 2 rings (SSSR count). The van der Waals surface area contributed by atoms with Gasteiger partial charge in [-0.1, -0.05) is 33.1 Å². The topological polar surface area (TPSA) is 12.0 Å². The molecule has 1 saturated carbocycles. The lowest BCUT2D eigenvalue weighted by Gasteiger charge is -2.32.